The molecule has 1 fully saturated rings. The third-order valence-electron chi connectivity index (χ3n) is 3.26. The van der Waals surface area contributed by atoms with Crippen molar-refractivity contribution >= 4 is 21.8 Å². The van der Waals surface area contributed by atoms with Gasteiger partial charge in [-0.25, -0.2) is 0 Å². The second kappa shape index (κ2) is 5.24. The van der Waals surface area contributed by atoms with E-state index < -0.39 is 0 Å². The molecule has 0 radical (unpaired) electrons. The topological polar surface area (TPSA) is 41.6 Å². The van der Waals surface area contributed by atoms with E-state index in [1.807, 2.05) is 5.06 Å². The van der Waals surface area contributed by atoms with Crippen molar-refractivity contribution in [2.75, 3.05) is 12.4 Å². The van der Waals surface area contributed by atoms with E-state index in [1.54, 1.807) is 7.11 Å². The first-order valence-corrected chi connectivity index (χ1v) is 7.05. The van der Waals surface area contributed by atoms with Gasteiger partial charge >= 0.3 is 0 Å². The Morgan fingerprint density at radius 2 is 1.82 bits per heavy atom. The van der Waals surface area contributed by atoms with Crippen LogP contribution in [-0.2, 0) is 9.63 Å². The van der Waals surface area contributed by atoms with E-state index in [4.69, 9.17) is 4.84 Å². The molecule has 5 heteroatoms. The minimum atomic E-state index is -0.0826. The normalized spacial score (nSPS) is 24.6. The first-order chi connectivity index (χ1) is 7.73. The van der Waals surface area contributed by atoms with Crippen LogP contribution in [0.15, 0.2) is 0 Å². The summed E-state index contributed by atoms with van der Waals surface area (Å²) in [5.41, 5.74) is -0.165. The van der Waals surface area contributed by atoms with Gasteiger partial charge in [-0.3, -0.25) is 4.79 Å². The predicted octanol–water partition coefficient (Wildman–Crippen LogP) is 2.08. The summed E-state index contributed by atoms with van der Waals surface area (Å²) in [6.07, 6.45) is 1.78. The van der Waals surface area contributed by atoms with Gasteiger partial charge in [-0.15, -0.1) is 0 Å². The van der Waals surface area contributed by atoms with Gasteiger partial charge in [0.2, 0.25) is 5.91 Å². The van der Waals surface area contributed by atoms with Gasteiger partial charge in [-0.1, -0.05) is 15.9 Å². The number of nitrogens with zero attached hydrogens (tertiary/aromatic N) is 1. The molecule has 4 nitrogen and oxygen atoms in total. The number of hydrogen-bond donors (Lipinski definition) is 1. The molecule has 1 aliphatic heterocycles. The van der Waals surface area contributed by atoms with Gasteiger partial charge in [0.25, 0.3) is 0 Å². The fourth-order valence-electron chi connectivity index (χ4n) is 3.13. The lowest BCUT2D eigenvalue weighted by molar-refractivity contribution is -0.267. The molecule has 17 heavy (non-hydrogen) atoms. The molecule has 0 spiro atoms. The monoisotopic (exact) mass is 306 g/mol. The third-order valence-corrected chi connectivity index (χ3v) is 3.77. The second-order valence-corrected chi connectivity index (χ2v) is 6.47. The summed E-state index contributed by atoms with van der Waals surface area (Å²) in [6.45, 7) is 8.57. The summed E-state index contributed by atoms with van der Waals surface area (Å²) < 4.78 is 0. The summed E-state index contributed by atoms with van der Waals surface area (Å²) in [7, 11) is 1.71. The second-order valence-electron chi connectivity index (χ2n) is 5.91. The standard InChI is InChI=1S/C12H23BrN2O2/c1-11(2)6-9(14-10(16)8-13)7-12(3,4)15(11)17-5/h9H,6-8H2,1-5H3,(H,14,16). The van der Waals surface area contributed by atoms with Crippen LogP contribution in [0.1, 0.15) is 40.5 Å². The van der Waals surface area contributed by atoms with Gasteiger partial charge in [-0.2, -0.15) is 5.06 Å². The smallest absolute Gasteiger partial charge is 0.230 e. The zero-order valence-corrected chi connectivity index (χ0v) is 12.9. The van der Waals surface area contributed by atoms with Crippen LogP contribution >= 0.6 is 15.9 Å². The average Bonchev–Trinajstić information content (AvgIpc) is 2.14. The van der Waals surface area contributed by atoms with E-state index in [9.17, 15) is 4.79 Å². The summed E-state index contributed by atoms with van der Waals surface area (Å²) in [6, 6.07) is 0.205. The molecule has 1 N–H and O–H groups in total. The summed E-state index contributed by atoms with van der Waals surface area (Å²) >= 11 is 3.18. The molecule has 0 saturated carbocycles. The number of nitrogens with one attached hydrogen (secondary N) is 1. The summed E-state index contributed by atoms with van der Waals surface area (Å²) in [4.78, 5) is 17.0. The van der Waals surface area contributed by atoms with Crippen molar-refractivity contribution in [1.29, 1.82) is 0 Å². The molecule has 1 heterocycles. The van der Waals surface area contributed by atoms with Crippen molar-refractivity contribution in [3.05, 3.63) is 0 Å². The van der Waals surface area contributed by atoms with Gasteiger partial charge in [-0.05, 0) is 40.5 Å². The zero-order chi connectivity index (χ0) is 13.3. The molecule has 0 aromatic rings. The van der Waals surface area contributed by atoms with E-state index in [2.05, 4.69) is 48.9 Å². The van der Waals surface area contributed by atoms with Crippen LogP contribution in [0.4, 0.5) is 0 Å². The Bertz CT molecular complexity index is 274. The molecule has 0 aromatic heterocycles. The van der Waals surface area contributed by atoms with E-state index in [0.29, 0.717) is 5.33 Å². The van der Waals surface area contributed by atoms with Crippen molar-refractivity contribution in [3.8, 4) is 0 Å². The molecule has 0 atom stereocenters. The molecule has 1 aliphatic rings. The zero-order valence-electron chi connectivity index (χ0n) is 11.3. The number of amides is 1. The third kappa shape index (κ3) is 3.42. The average molecular weight is 307 g/mol. The maximum atomic E-state index is 11.5. The van der Waals surface area contributed by atoms with Gasteiger partial charge in [0.05, 0.1) is 12.4 Å². The van der Waals surface area contributed by atoms with Crippen LogP contribution in [0.2, 0.25) is 0 Å². The Morgan fingerprint density at radius 1 is 1.35 bits per heavy atom. The Labute approximate surface area is 112 Å². The summed E-state index contributed by atoms with van der Waals surface area (Å²) in [5.74, 6) is 0.0486. The SMILES string of the molecule is CON1C(C)(C)CC(NC(=O)CBr)CC1(C)C. The van der Waals surface area contributed by atoms with Crippen LogP contribution in [0.3, 0.4) is 0 Å². The van der Waals surface area contributed by atoms with E-state index in [-0.39, 0.29) is 23.0 Å². The maximum absolute atomic E-state index is 11.5. The highest BCUT2D eigenvalue weighted by atomic mass is 79.9. The number of hydroxylamine groups is 2. The molecule has 1 rings (SSSR count). The van der Waals surface area contributed by atoms with E-state index >= 15 is 0 Å². The Balaban J connectivity index is 2.80. The minimum absolute atomic E-state index is 0.0486. The highest BCUT2D eigenvalue weighted by Crippen LogP contribution is 2.38. The maximum Gasteiger partial charge on any atom is 0.230 e. The highest BCUT2D eigenvalue weighted by molar-refractivity contribution is 9.09. The Hall–Kier alpha value is -0.130. The van der Waals surface area contributed by atoms with E-state index in [0.717, 1.165) is 12.8 Å². The molecular formula is C12H23BrN2O2. The Kier molecular flexibility index (Phi) is 4.60. The number of carbonyl (C=O) groups excluding carboxylic acids is 1. The first kappa shape index (κ1) is 14.9. The van der Waals surface area contributed by atoms with Crippen LogP contribution in [0, 0.1) is 0 Å². The first-order valence-electron chi connectivity index (χ1n) is 5.93. The van der Waals surface area contributed by atoms with Crippen LogP contribution in [0.5, 0.6) is 0 Å². The lowest BCUT2D eigenvalue weighted by atomic mass is 9.79. The lowest BCUT2D eigenvalue weighted by Crippen LogP contribution is -2.63. The van der Waals surface area contributed by atoms with Crippen LogP contribution in [0.25, 0.3) is 0 Å². The summed E-state index contributed by atoms with van der Waals surface area (Å²) in [5, 5.41) is 5.45. The number of hydrogen-bond acceptors (Lipinski definition) is 3. The molecule has 0 unspecified atom stereocenters. The van der Waals surface area contributed by atoms with Gasteiger partial charge < -0.3 is 10.2 Å². The molecule has 0 aliphatic carbocycles. The van der Waals surface area contributed by atoms with Crippen LogP contribution < -0.4 is 5.32 Å². The van der Waals surface area contributed by atoms with Crippen molar-refractivity contribution in [2.45, 2.75) is 57.7 Å². The van der Waals surface area contributed by atoms with Crippen molar-refractivity contribution in [1.82, 2.24) is 10.4 Å². The molecular weight excluding hydrogens is 284 g/mol. The minimum Gasteiger partial charge on any atom is -0.353 e. The molecule has 0 aromatic carbocycles. The van der Waals surface area contributed by atoms with Crippen LogP contribution in [-0.4, -0.2) is 40.5 Å². The van der Waals surface area contributed by atoms with Crippen molar-refractivity contribution < 1.29 is 9.63 Å². The van der Waals surface area contributed by atoms with Gasteiger partial charge in [0.1, 0.15) is 0 Å². The Morgan fingerprint density at radius 3 is 2.18 bits per heavy atom. The predicted molar refractivity (Wildman–Crippen MR) is 72.0 cm³/mol. The van der Waals surface area contributed by atoms with Crippen molar-refractivity contribution in [2.24, 2.45) is 0 Å². The quantitative estimate of drug-likeness (QED) is 0.812. The number of alkyl halides is 1. The number of carbonyl (C=O) groups is 1. The van der Waals surface area contributed by atoms with Gasteiger partial charge in [0, 0.05) is 17.1 Å². The molecule has 1 saturated heterocycles. The number of rotatable bonds is 3. The van der Waals surface area contributed by atoms with Crippen molar-refractivity contribution in [3.63, 3.8) is 0 Å². The van der Waals surface area contributed by atoms with Gasteiger partial charge in [0.15, 0.2) is 0 Å². The number of halogens is 1. The lowest BCUT2D eigenvalue weighted by Gasteiger charge is -2.53. The fourth-order valence-corrected chi connectivity index (χ4v) is 3.29. The molecule has 100 valence electrons. The largest absolute Gasteiger partial charge is 0.353 e. The highest BCUT2D eigenvalue weighted by Gasteiger charge is 2.46. The fraction of sp³-hybridized carbons (Fsp3) is 0.917. The molecule has 1 amide bonds. The van der Waals surface area contributed by atoms with E-state index in [1.165, 1.54) is 0 Å². The molecule has 0 bridgehead atoms. The number of piperidine rings is 1.